The van der Waals surface area contributed by atoms with Crippen LogP contribution >= 0.6 is 0 Å². The Morgan fingerprint density at radius 3 is 2.70 bits per heavy atom. The number of hydrogen-bond acceptors (Lipinski definition) is 2. The van der Waals surface area contributed by atoms with E-state index in [0.29, 0.717) is 11.8 Å². The number of benzene rings is 1. The zero-order valence-electron chi connectivity index (χ0n) is 17.0. The number of nitrogens with one attached hydrogen (secondary N) is 2. The minimum Gasteiger partial charge on any atom is -0.347 e. The van der Waals surface area contributed by atoms with E-state index in [2.05, 4.69) is 65.3 Å². The maximum atomic E-state index is 12.3. The number of rotatable bonds is 7. The SMILES string of the molecule is CCCN1CCC(CNC(=O)Nc2ccc3c(ccn3CC(C)C)c2)CC1. The molecular formula is C22H34N4O. The van der Waals surface area contributed by atoms with E-state index < -0.39 is 0 Å². The second kappa shape index (κ2) is 9.27. The highest BCUT2D eigenvalue weighted by Crippen LogP contribution is 2.22. The summed E-state index contributed by atoms with van der Waals surface area (Å²) in [6, 6.07) is 8.14. The van der Waals surface area contributed by atoms with Gasteiger partial charge in [0.05, 0.1) is 0 Å². The maximum Gasteiger partial charge on any atom is 0.319 e. The molecule has 2 heterocycles. The number of piperidine rings is 1. The van der Waals surface area contributed by atoms with Crippen LogP contribution in [0.2, 0.25) is 0 Å². The Hall–Kier alpha value is -2.01. The summed E-state index contributed by atoms with van der Waals surface area (Å²) in [7, 11) is 0. The van der Waals surface area contributed by atoms with Gasteiger partial charge in [-0.2, -0.15) is 0 Å². The molecule has 0 atom stereocenters. The van der Waals surface area contributed by atoms with Crippen molar-refractivity contribution >= 4 is 22.6 Å². The number of fused-ring (bicyclic) bond motifs is 1. The molecule has 1 aliphatic heterocycles. The molecule has 2 aromatic rings. The molecule has 1 aromatic carbocycles. The van der Waals surface area contributed by atoms with Crippen LogP contribution in [0.4, 0.5) is 10.5 Å². The maximum absolute atomic E-state index is 12.3. The second-order valence-electron chi connectivity index (χ2n) is 8.26. The summed E-state index contributed by atoms with van der Waals surface area (Å²) in [6.07, 6.45) is 5.70. The van der Waals surface area contributed by atoms with Gasteiger partial charge in [-0.05, 0) is 75.0 Å². The van der Waals surface area contributed by atoms with Crippen molar-refractivity contribution in [2.24, 2.45) is 11.8 Å². The molecule has 0 spiro atoms. The standard InChI is InChI=1S/C22H34N4O/c1-4-10-25-11-7-18(8-12-25)15-23-22(27)24-20-5-6-21-19(14-20)9-13-26(21)16-17(2)3/h5-6,9,13-14,17-18H,4,7-8,10-12,15-16H2,1-3H3,(H2,23,24,27). The molecule has 5 nitrogen and oxygen atoms in total. The predicted octanol–water partition coefficient (Wildman–Crippen LogP) is 4.54. The van der Waals surface area contributed by atoms with Gasteiger partial charge in [0, 0.05) is 35.9 Å². The Morgan fingerprint density at radius 1 is 1.22 bits per heavy atom. The Balaban J connectivity index is 1.48. The fourth-order valence-corrected chi connectivity index (χ4v) is 3.97. The molecular weight excluding hydrogens is 336 g/mol. The van der Waals surface area contributed by atoms with Crippen molar-refractivity contribution in [1.29, 1.82) is 0 Å². The molecule has 0 aliphatic carbocycles. The first kappa shape index (κ1) is 19.7. The summed E-state index contributed by atoms with van der Waals surface area (Å²) in [4.78, 5) is 14.8. The first-order chi connectivity index (χ1) is 13.0. The number of likely N-dealkylation sites (tertiary alicyclic amines) is 1. The largest absolute Gasteiger partial charge is 0.347 e. The molecule has 1 saturated heterocycles. The molecule has 0 bridgehead atoms. The number of carbonyl (C=O) groups excluding carboxylic acids is 1. The lowest BCUT2D eigenvalue weighted by atomic mass is 9.97. The van der Waals surface area contributed by atoms with Crippen LogP contribution in [0.1, 0.15) is 40.0 Å². The van der Waals surface area contributed by atoms with Gasteiger partial charge in [-0.15, -0.1) is 0 Å². The summed E-state index contributed by atoms with van der Waals surface area (Å²) in [5, 5.41) is 7.20. The van der Waals surface area contributed by atoms with Crippen LogP contribution in [0.25, 0.3) is 10.9 Å². The average Bonchev–Trinajstić information content (AvgIpc) is 3.03. The normalized spacial score (nSPS) is 16.1. The van der Waals surface area contributed by atoms with Gasteiger partial charge in [0.1, 0.15) is 0 Å². The highest BCUT2D eigenvalue weighted by Gasteiger charge is 2.19. The summed E-state index contributed by atoms with van der Waals surface area (Å²) < 4.78 is 2.27. The quantitative estimate of drug-likeness (QED) is 0.752. The molecule has 2 N–H and O–H groups in total. The first-order valence-electron chi connectivity index (χ1n) is 10.4. The van der Waals surface area contributed by atoms with Crippen LogP contribution in [-0.4, -0.2) is 41.7 Å². The van der Waals surface area contributed by atoms with Gasteiger partial charge in [0.2, 0.25) is 0 Å². The van der Waals surface area contributed by atoms with Gasteiger partial charge in [0.25, 0.3) is 0 Å². The number of amides is 2. The highest BCUT2D eigenvalue weighted by atomic mass is 16.2. The van der Waals surface area contributed by atoms with Gasteiger partial charge in [-0.3, -0.25) is 0 Å². The lowest BCUT2D eigenvalue weighted by Crippen LogP contribution is -2.40. The van der Waals surface area contributed by atoms with Crippen LogP contribution < -0.4 is 10.6 Å². The molecule has 0 radical (unpaired) electrons. The van der Waals surface area contributed by atoms with Crippen LogP contribution in [0.3, 0.4) is 0 Å². The van der Waals surface area contributed by atoms with Crippen molar-refractivity contribution in [1.82, 2.24) is 14.8 Å². The third kappa shape index (κ3) is 5.48. The van der Waals surface area contributed by atoms with E-state index in [4.69, 9.17) is 0 Å². The molecule has 1 aliphatic rings. The number of anilines is 1. The van der Waals surface area contributed by atoms with E-state index in [1.165, 1.54) is 31.3 Å². The molecule has 2 amide bonds. The summed E-state index contributed by atoms with van der Waals surface area (Å²) in [5.74, 6) is 1.20. The molecule has 5 heteroatoms. The van der Waals surface area contributed by atoms with Gasteiger partial charge in [-0.1, -0.05) is 20.8 Å². The van der Waals surface area contributed by atoms with Crippen molar-refractivity contribution in [2.45, 2.75) is 46.6 Å². The van der Waals surface area contributed by atoms with Crippen LogP contribution in [0.5, 0.6) is 0 Å². The zero-order chi connectivity index (χ0) is 19.2. The Labute approximate surface area is 163 Å². The fraction of sp³-hybridized carbons (Fsp3) is 0.591. The van der Waals surface area contributed by atoms with Crippen LogP contribution in [0, 0.1) is 11.8 Å². The van der Waals surface area contributed by atoms with Gasteiger partial charge in [0.15, 0.2) is 0 Å². The first-order valence-corrected chi connectivity index (χ1v) is 10.4. The van der Waals surface area contributed by atoms with Gasteiger partial charge < -0.3 is 20.1 Å². The van der Waals surface area contributed by atoms with Gasteiger partial charge >= 0.3 is 6.03 Å². The van der Waals surface area contributed by atoms with Crippen LogP contribution in [0.15, 0.2) is 30.5 Å². The van der Waals surface area contributed by atoms with E-state index in [1.54, 1.807) is 0 Å². The molecule has 148 valence electrons. The number of hydrogen-bond donors (Lipinski definition) is 2. The Morgan fingerprint density at radius 2 is 2.00 bits per heavy atom. The van der Waals surface area contributed by atoms with E-state index in [1.807, 2.05) is 6.07 Å². The van der Waals surface area contributed by atoms with E-state index in [9.17, 15) is 4.79 Å². The number of carbonyl (C=O) groups is 1. The topological polar surface area (TPSA) is 49.3 Å². The van der Waals surface area contributed by atoms with Crippen molar-refractivity contribution < 1.29 is 4.79 Å². The Kier molecular flexibility index (Phi) is 6.78. The smallest absolute Gasteiger partial charge is 0.319 e. The van der Waals surface area contributed by atoms with Crippen molar-refractivity contribution in [2.75, 3.05) is 31.5 Å². The van der Waals surface area contributed by atoms with E-state index >= 15 is 0 Å². The molecule has 27 heavy (non-hydrogen) atoms. The highest BCUT2D eigenvalue weighted by molar-refractivity contribution is 5.92. The Bertz CT molecular complexity index is 744. The minimum absolute atomic E-state index is 0.105. The lowest BCUT2D eigenvalue weighted by Gasteiger charge is -2.31. The average molecular weight is 371 g/mol. The van der Waals surface area contributed by atoms with Gasteiger partial charge in [-0.25, -0.2) is 4.79 Å². The predicted molar refractivity (Wildman–Crippen MR) is 113 cm³/mol. The molecule has 0 saturated carbocycles. The van der Waals surface area contributed by atoms with Crippen LogP contribution in [-0.2, 0) is 6.54 Å². The molecule has 1 fully saturated rings. The monoisotopic (exact) mass is 370 g/mol. The zero-order valence-corrected chi connectivity index (χ0v) is 17.0. The summed E-state index contributed by atoms with van der Waals surface area (Å²) in [6.45, 7) is 12.0. The van der Waals surface area contributed by atoms with E-state index in [0.717, 1.165) is 37.3 Å². The number of nitrogens with zero attached hydrogens (tertiary/aromatic N) is 2. The lowest BCUT2D eigenvalue weighted by molar-refractivity contribution is 0.182. The molecule has 1 aromatic heterocycles. The summed E-state index contributed by atoms with van der Waals surface area (Å²) in [5.41, 5.74) is 2.06. The van der Waals surface area contributed by atoms with E-state index in [-0.39, 0.29) is 6.03 Å². The molecule has 0 unspecified atom stereocenters. The number of urea groups is 1. The fourth-order valence-electron chi connectivity index (χ4n) is 3.97. The third-order valence-corrected chi connectivity index (χ3v) is 5.39. The molecule has 3 rings (SSSR count). The van der Waals surface area contributed by atoms with Crippen molar-refractivity contribution in [3.8, 4) is 0 Å². The minimum atomic E-state index is -0.105. The summed E-state index contributed by atoms with van der Waals surface area (Å²) >= 11 is 0. The third-order valence-electron chi connectivity index (χ3n) is 5.39. The second-order valence-corrected chi connectivity index (χ2v) is 8.26. The number of aromatic nitrogens is 1. The van der Waals surface area contributed by atoms with Crippen molar-refractivity contribution in [3.63, 3.8) is 0 Å². The van der Waals surface area contributed by atoms with Crippen molar-refractivity contribution in [3.05, 3.63) is 30.5 Å².